The molecule has 0 saturated carbocycles. The van der Waals surface area contributed by atoms with Crippen LogP contribution in [0.1, 0.15) is 26.7 Å². The van der Waals surface area contributed by atoms with Gasteiger partial charge in [-0.3, -0.25) is 9.59 Å². The average molecular weight is 227 g/mol. The molecule has 5 nitrogen and oxygen atoms in total. The highest BCUT2D eigenvalue weighted by Gasteiger charge is 2.30. The lowest BCUT2D eigenvalue weighted by Crippen LogP contribution is -2.57. The fourth-order valence-electron chi connectivity index (χ4n) is 1.93. The molecule has 16 heavy (non-hydrogen) atoms. The monoisotopic (exact) mass is 227 g/mol. The summed E-state index contributed by atoms with van der Waals surface area (Å²) in [6.07, 6.45) is 1.15. The smallest absolute Gasteiger partial charge is 0.242 e. The van der Waals surface area contributed by atoms with E-state index >= 15 is 0 Å². The molecule has 1 unspecified atom stereocenters. The molecule has 0 aromatic carbocycles. The minimum Gasteiger partial charge on any atom is -0.353 e. The lowest BCUT2D eigenvalue weighted by atomic mass is 10.1. The van der Waals surface area contributed by atoms with Crippen molar-refractivity contribution in [1.29, 1.82) is 0 Å². The summed E-state index contributed by atoms with van der Waals surface area (Å²) in [6, 6.07) is -0.275. The second-order valence-electron chi connectivity index (χ2n) is 3.91. The van der Waals surface area contributed by atoms with Crippen LogP contribution < -0.4 is 10.6 Å². The van der Waals surface area contributed by atoms with E-state index in [2.05, 4.69) is 10.6 Å². The standard InChI is InChI=1S/C11H21N3O2/c1-3-9-11(16)13-7-8-14(9)10(15)5-6-12-4-2/h9,12H,3-8H2,1-2H3,(H,13,16). The molecule has 0 aromatic heterocycles. The van der Waals surface area contributed by atoms with Gasteiger partial charge in [-0.05, 0) is 13.0 Å². The van der Waals surface area contributed by atoms with E-state index in [1.165, 1.54) is 0 Å². The van der Waals surface area contributed by atoms with E-state index in [-0.39, 0.29) is 17.9 Å². The number of hydrogen-bond acceptors (Lipinski definition) is 3. The number of carbonyl (C=O) groups is 2. The minimum absolute atomic E-state index is 0.0226. The average Bonchev–Trinajstić information content (AvgIpc) is 2.29. The molecule has 2 amide bonds. The van der Waals surface area contributed by atoms with Crippen LogP contribution in [0.25, 0.3) is 0 Å². The Kier molecular flexibility index (Phi) is 5.25. The van der Waals surface area contributed by atoms with Crippen LogP contribution in [0.3, 0.4) is 0 Å². The van der Waals surface area contributed by atoms with Crippen molar-refractivity contribution in [2.24, 2.45) is 0 Å². The van der Waals surface area contributed by atoms with Crippen molar-refractivity contribution in [2.45, 2.75) is 32.7 Å². The molecule has 0 bridgehead atoms. The third-order valence-corrected chi connectivity index (χ3v) is 2.80. The van der Waals surface area contributed by atoms with Gasteiger partial charge in [-0.15, -0.1) is 0 Å². The maximum atomic E-state index is 11.9. The first-order chi connectivity index (χ1) is 7.70. The summed E-state index contributed by atoms with van der Waals surface area (Å²) in [4.78, 5) is 25.1. The third-order valence-electron chi connectivity index (χ3n) is 2.80. The SMILES string of the molecule is CCNCCC(=O)N1CCNC(=O)C1CC. The predicted molar refractivity (Wildman–Crippen MR) is 62.0 cm³/mol. The highest BCUT2D eigenvalue weighted by atomic mass is 16.2. The number of piperazine rings is 1. The Morgan fingerprint density at radius 1 is 1.56 bits per heavy atom. The van der Waals surface area contributed by atoms with Crippen molar-refractivity contribution in [3.05, 3.63) is 0 Å². The second-order valence-corrected chi connectivity index (χ2v) is 3.91. The molecule has 92 valence electrons. The molecule has 0 aliphatic carbocycles. The van der Waals surface area contributed by atoms with Crippen LogP contribution in [0, 0.1) is 0 Å². The van der Waals surface area contributed by atoms with Crippen LogP contribution >= 0.6 is 0 Å². The van der Waals surface area contributed by atoms with E-state index in [1.807, 2.05) is 13.8 Å². The molecule has 0 radical (unpaired) electrons. The molecule has 1 aliphatic heterocycles. The number of hydrogen-bond donors (Lipinski definition) is 2. The fourth-order valence-corrected chi connectivity index (χ4v) is 1.93. The van der Waals surface area contributed by atoms with Crippen LogP contribution in [0.2, 0.25) is 0 Å². The van der Waals surface area contributed by atoms with E-state index in [4.69, 9.17) is 0 Å². The van der Waals surface area contributed by atoms with Gasteiger partial charge in [0.1, 0.15) is 6.04 Å². The van der Waals surface area contributed by atoms with Gasteiger partial charge < -0.3 is 15.5 Å². The van der Waals surface area contributed by atoms with Crippen LogP contribution in [0.15, 0.2) is 0 Å². The largest absolute Gasteiger partial charge is 0.353 e. The molecule has 1 aliphatic rings. The number of nitrogens with zero attached hydrogens (tertiary/aromatic N) is 1. The Bertz CT molecular complexity index is 256. The van der Waals surface area contributed by atoms with Gasteiger partial charge in [-0.1, -0.05) is 13.8 Å². The molecule has 1 fully saturated rings. The van der Waals surface area contributed by atoms with Gasteiger partial charge in [0.05, 0.1) is 0 Å². The van der Waals surface area contributed by atoms with Gasteiger partial charge in [0, 0.05) is 26.1 Å². The number of amides is 2. The van der Waals surface area contributed by atoms with Crippen LogP contribution in [-0.2, 0) is 9.59 Å². The minimum atomic E-state index is -0.275. The third kappa shape index (κ3) is 3.20. The van der Waals surface area contributed by atoms with E-state index in [1.54, 1.807) is 4.90 Å². The predicted octanol–water partition coefficient (Wildman–Crippen LogP) is -0.277. The van der Waals surface area contributed by atoms with E-state index < -0.39 is 0 Å². The molecule has 2 N–H and O–H groups in total. The molecular weight excluding hydrogens is 206 g/mol. The normalized spacial score (nSPS) is 20.8. The van der Waals surface area contributed by atoms with Crippen molar-refractivity contribution in [3.8, 4) is 0 Å². The summed E-state index contributed by atoms with van der Waals surface area (Å²) in [7, 11) is 0. The zero-order chi connectivity index (χ0) is 12.0. The number of rotatable bonds is 5. The summed E-state index contributed by atoms with van der Waals surface area (Å²) in [5.74, 6) is 0.0493. The first kappa shape index (κ1) is 13.0. The highest BCUT2D eigenvalue weighted by molar-refractivity contribution is 5.88. The maximum absolute atomic E-state index is 11.9. The van der Waals surface area contributed by atoms with Gasteiger partial charge in [0.15, 0.2) is 0 Å². The van der Waals surface area contributed by atoms with Crippen LogP contribution in [0.4, 0.5) is 0 Å². The Hall–Kier alpha value is -1.10. The van der Waals surface area contributed by atoms with E-state index in [9.17, 15) is 9.59 Å². The van der Waals surface area contributed by atoms with E-state index in [0.717, 1.165) is 6.54 Å². The Labute approximate surface area is 96.6 Å². The van der Waals surface area contributed by atoms with Gasteiger partial charge in [0.2, 0.25) is 11.8 Å². The quantitative estimate of drug-likeness (QED) is 0.635. The number of nitrogens with one attached hydrogen (secondary N) is 2. The maximum Gasteiger partial charge on any atom is 0.242 e. The molecule has 1 atom stereocenters. The lowest BCUT2D eigenvalue weighted by molar-refractivity contribution is -0.143. The zero-order valence-corrected chi connectivity index (χ0v) is 10.1. The van der Waals surface area contributed by atoms with Crippen molar-refractivity contribution in [3.63, 3.8) is 0 Å². The highest BCUT2D eigenvalue weighted by Crippen LogP contribution is 2.09. The van der Waals surface area contributed by atoms with Gasteiger partial charge >= 0.3 is 0 Å². The van der Waals surface area contributed by atoms with Crippen molar-refractivity contribution < 1.29 is 9.59 Å². The fraction of sp³-hybridized carbons (Fsp3) is 0.818. The molecule has 5 heteroatoms. The lowest BCUT2D eigenvalue weighted by Gasteiger charge is -2.34. The molecule has 1 saturated heterocycles. The van der Waals surface area contributed by atoms with Crippen molar-refractivity contribution >= 4 is 11.8 Å². The van der Waals surface area contributed by atoms with Gasteiger partial charge in [0.25, 0.3) is 0 Å². The molecule has 0 aromatic rings. The Morgan fingerprint density at radius 2 is 2.31 bits per heavy atom. The van der Waals surface area contributed by atoms with Gasteiger partial charge in [-0.2, -0.15) is 0 Å². The second kappa shape index (κ2) is 6.48. The molecular formula is C11H21N3O2. The van der Waals surface area contributed by atoms with E-state index in [0.29, 0.717) is 32.5 Å². The number of carbonyl (C=O) groups excluding carboxylic acids is 2. The van der Waals surface area contributed by atoms with Crippen LogP contribution in [0.5, 0.6) is 0 Å². The van der Waals surface area contributed by atoms with Gasteiger partial charge in [-0.25, -0.2) is 0 Å². The Balaban J connectivity index is 2.48. The molecule has 0 spiro atoms. The summed E-state index contributed by atoms with van der Waals surface area (Å²) in [5.41, 5.74) is 0. The summed E-state index contributed by atoms with van der Waals surface area (Å²) >= 11 is 0. The van der Waals surface area contributed by atoms with Crippen LogP contribution in [-0.4, -0.2) is 48.9 Å². The van der Waals surface area contributed by atoms with Crippen molar-refractivity contribution in [2.75, 3.05) is 26.2 Å². The van der Waals surface area contributed by atoms with Crippen molar-refractivity contribution in [1.82, 2.24) is 15.5 Å². The first-order valence-corrected chi connectivity index (χ1v) is 5.98. The summed E-state index contributed by atoms with van der Waals surface area (Å²) in [6.45, 7) is 6.69. The molecule has 1 heterocycles. The topological polar surface area (TPSA) is 61.4 Å². The Morgan fingerprint density at radius 3 is 2.94 bits per heavy atom. The summed E-state index contributed by atoms with van der Waals surface area (Å²) in [5, 5.41) is 5.90. The first-order valence-electron chi connectivity index (χ1n) is 5.98. The molecule has 1 rings (SSSR count). The zero-order valence-electron chi connectivity index (χ0n) is 10.1. The summed E-state index contributed by atoms with van der Waals surface area (Å²) < 4.78 is 0.